The van der Waals surface area contributed by atoms with Crippen LogP contribution in [-0.2, 0) is 16.1 Å². The molecule has 0 saturated heterocycles. The zero-order valence-electron chi connectivity index (χ0n) is 12.2. The predicted molar refractivity (Wildman–Crippen MR) is 77.1 cm³/mol. The van der Waals surface area contributed by atoms with Gasteiger partial charge in [0.2, 0.25) is 0 Å². The topological polar surface area (TPSA) is 67.4 Å². The van der Waals surface area contributed by atoms with E-state index in [9.17, 15) is 9.59 Å². The summed E-state index contributed by atoms with van der Waals surface area (Å²) in [6.07, 6.45) is 0.547. The highest BCUT2D eigenvalue weighted by Crippen LogP contribution is 2.06. The zero-order chi connectivity index (χ0) is 15.0. The van der Waals surface area contributed by atoms with Crippen molar-refractivity contribution in [2.45, 2.75) is 32.9 Å². The van der Waals surface area contributed by atoms with Crippen LogP contribution in [0.15, 0.2) is 30.3 Å². The van der Waals surface area contributed by atoms with E-state index in [0.717, 1.165) is 5.56 Å². The highest BCUT2D eigenvalue weighted by Gasteiger charge is 2.22. The Labute approximate surface area is 119 Å². The Morgan fingerprint density at radius 2 is 1.85 bits per heavy atom. The molecule has 1 aromatic carbocycles. The molecule has 0 bridgehead atoms. The monoisotopic (exact) mass is 278 g/mol. The summed E-state index contributed by atoms with van der Waals surface area (Å²) in [4.78, 5) is 23.4. The van der Waals surface area contributed by atoms with Gasteiger partial charge in [-0.25, -0.2) is 9.59 Å². The number of carbonyl (C=O) groups excluding carboxylic acids is 2. The minimum atomic E-state index is -0.615. The van der Waals surface area contributed by atoms with Crippen LogP contribution in [0.3, 0.4) is 0 Å². The van der Waals surface area contributed by atoms with Crippen molar-refractivity contribution in [2.24, 2.45) is 5.92 Å². The lowest BCUT2D eigenvalue weighted by Crippen LogP contribution is -2.46. The zero-order valence-corrected chi connectivity index (χ0v) is 12.2. The second-order valence-electron chi connectivity index (χ2n) is 5.02. The highest BCUT2D eigenvalue weighted by atomic mass is 16.5. The molecule has 1 atom stereocenters. The van der Waals surface area contributed by atoms with Gasteiger partial charge < -0.3 is 15.4 Å². The number of nitrogens with one attached hydrogen (secondary N) is 2. The Morgan fingerprint density at radius 3 is 2.40 bits per heavy atom. The Morgan fingerprint density at radius 1 is 1.20 bits per heavy atom. The molecule has 0 saturated carbocycles. The van der Waals surface area contributed by atoms with E-state index < -0.39 is 12.0 Å². The molecule has 2 N–H and O–H groups in total. The Kier molecular flexibility index (Phi) is 6.56. The number of methoxy groups -OCH3 is 1. The Bertz CT molecular complexity index is 432. The molecule has 1 unspecified atom stereocenters. The standard InChI is InChI=1S/C15H22N2O3/c1-11(2)9-13(14(18)20-3)17-15(19)16-10-12-7-5-4-6-8-12/h4-8,11,13H,9-10H2,1-3H3,(H2,16,17,19). The van der Waals surface area contributed by atoms with Gasteiger partial charge in [0.25, 0.3) is 0 Å². The second kappa shape index (κ2) is 8.19. The summed E-state index contributed by atoms with van der Waals surface area (Å²) in [6.45, 7) is 4.39. The van der Waals surface area contributed by atoms with Crippen LogP contribution in [0.4, 0.5) is 4.79 Å². The van der Waals surface area contributed by atoms with Crippen LogP contribution < -0.4 is 10.6 Å². The highest BCUT2D eigenvalue weighted by molar-refractivity contribution is 5.83. The van der Waals surface area contributed by atoms with Gasteiger partial charge in [-0.05, 0) is 17.9 Å². The molecule has 2 amide bonds. The van der Waals surface area contributed by atoms with E-state index in [2.05, 4.69) is 10.6 Å². The Balaban J connectivity index is 2.47. The average Bonchev–Trinajstić information content (AvgIpc) is 2.44. The minimum Gasteiger partial charge on any atom is -0.467 e. The summed E-state index contributed by atoms with van der Waals surface area (Å²) < 4.78 is 4.70. The number of hydrogen-bond donors (Lipinski definition) is 2. The van der Waals surface area contributed by atoms with Gasteiger partial charge in [0.05, 0.1) is 7.11 Å². The molecule has 20 heavy (non-hydrogen) atoms. The van der Waals surface area contributed by atoms with Gasteiger partial charge in [-0.15, -0.1) is 0 Å². The molecule has 0 aliphatic carbocycles. The summed E-state index contributed by atoms with van der Waals surface area (Å²) in [7, 11) is 1.32. The van der Waals surface area contributed by atoms with E-state index in [4.69, 9.17) is 4.74 Å². The molecule has 0 spiro atoms. The number of rotatable bonds is 6. The SMILES string of the molecule is COC(=O)C(CC(C)C)NC(=O)NCc1ccccc1. The molecule has 5 nitrogen and oxygen atoms in total. The van der Waals surface area contributed by atoms with Crippen molar-refractivity contribution in [1.82, 2.24) is 10.6 Å². The molecule has 1 aromatic rings. The summed E-state index contributed by atoms with van der Waals surface area (Å²) in [6, 6.07) is 8.59. The molecule has 0 radical (unpaired) electrons. The van der Waals surface area contributed by atoms with Crippen LogP contribution in [0.5, 0.6) is 0 Å². The summed E-state index contributed by atoms with van der Waals surface area (Å²) >= 11 is 0. The number of carbonyl (C=O) groups is 2. The van der Waals surface area contributed by atoms with Gasteiger partial charge in [0.1, 0.15) is 6.04 Å². The molecular formula is C15H22N2O3. The number of amides is 2. The van der Waals surface area contributed by atoms with Crippen LogP contribution >= 0.6 is 0 Å². The van der Waals surface area contributed by atoms with E-state index >= 15 is 0 Å². The van der Waals surface area contributed by atoms with Crippen molar-refractivity contribution in [2.75, 3.05) is 7.11 Å². The third-order valence-corrected chi connectivity index (χ3v) is 2.79. The lowest BCUT2D eigenvalue weighted by Gasteiger charge is -2.18. The molecule has 0 aliphatic rings. The minimum absolute atomic E-state index is 0.286. The van der Waals surface area contributed by atoms with E-state index in [0.29, 0.717) is 13.0 Å². The van der Waals surface area contributed by atoms with E-state index in [1.807, 2.05) is 44.2 Å². The molecule has 0 fully saturated rings. The van der Waals surface area contributed by atoms with Gasteiger partial charge in [-0.3, -0.25) is 0 Å². The number of ether oxygens (including phenoxy) is 1. The number of urea groups is 1. The van der Waals surface area contributed by atoms with Crippen LogP contribution in [0, 0.1) is 5.92 Å². The first-order valence-corrected chi connectivity index (χ1v) is 6.69. The van der Waals surface area contributed by atoms with Gasteiger partial charge in [0.15, 0.2) is 0 Å². The summed E-state index contributed by atoms with van der Waals surface area (Å²) in [5.74, 6) is -0.137. The van der Waals surface area contributed by atoms with E-state index in [-0.39, 0.29) is 11.9 Å². The van der Waals surface area contributed by atoms with Crippen LogP contribution in [0.2, 0.25) is 0 Å². The third kappa shape index (κ3) is 5.73. The predicted octanol–water partition coefficient (Wildman–Crippen LogP) is 2.07. The van der Waals surface area contributed by atoms with Crippen molar-refractivity contribution < 1.29 is 14.3 Å². The first-order chi connectivity index (χ1) is 9.52. The third-order valence-electron chi connectivity index (χ3n) is 2.79. The van der Waals surface area contributed by atoms with Gasteiger partial charge >= 0.3 is 12.0 Å². The van der Waals surface area contributed by atoms with Crippen LogP contribution in [-0.4, -0.2) is 25.2 Å². The quantitative estimate of drug-likeness (QED) is 0.783. The lowest BCUT2D eigenvalue weighted by atomic mass is 10.0. The maximum absolute atomic E-state index is 11.8. The maximum atomic E-state index is 11.8. The molecule has 5 heteroatoms. The summed E-state index contributed by atoms with van der Waals surface area (Å²) in [5.41, 5.74) is 1.00. The van der Waals surface area contributed by atoms with E-state index in [1.165, 1.54) is 7.11 Å². The fourth-order valence-corrected chi connectivity index (χ4v) is 1.82. The molecule has 0 aromatic heterocycles. The van der Waals surface area contributed by atoms with Crippen molar-refractivity contribution >= 4 is 12.0 Å². The second-order valence-corrected chi connectivity index (χ2v) is 5.02. The first kappa shape index (κ1) is 16.0. The normalized spacial score (nSPS) is 11.8. The van der Waals surface area contributed by atoms with E-state index in [1.54, 1.807) is 0 Å². The van der Waals surface area contributed by atoms with Gasteiger partial charge in [-0.1, -0.05) is 44.2 Å². The molecule has 1 rings (SSSR count). The fourth-order valence-electron chi connectivity index (χ4n) is 1.82. The Hall–Kier alpha value is -2.04. The largest absolute Gasteiger partial charge is 0.467 e. The van der Waals surface area contributed by atoms with Crippen LogP contribution in [0.25, 0.3) is 0 Å². The first-order valence-electron chi connectivity index (χ1n) is 6.69. The van der Waals surface area contributed by atoms with Crippen molar-refractivity contribution in [3.63, 3.8) is 0 Å². The van der Waals surface area contributed by atoms with Crippen molar-refractivity contribution in [3.05, 3.63) is 35.9 Å². The number of benzene rings is 1. The smallest absolute Gasteiger partial charge is 0.328 e. The maximum Gasteiger partial charge on any atom is 0.328 e. The van der Waals surface area contributed by atoms with Gasteiger partial charge in [-0.2, -0.15) is 0 Å². The van der Waals surface area contributed by atoms with Crippen LogP contribution in [0.1, 0.15) is 25.8 Å². The molecule has 0 heterocycles. The van der Waals surface area contributed by atoms with Crippen molar-refractivity contribution in [1.29, 1.82) is 0 Å². The molecular weight excluding hydrogens is 256 g/mol. The average molecular weight is 278 g/mol. The van der Waals surface area contributed by atoms with Crippen molar-refractivity contribution in [3.8, 4) is 0 Å². The number of esters is 1. The van der Waals surface area contributed by atoms with Gasteiger partial charge in [0, 0.05) is 6.54 Å². The lowest BCUT2D eigenvalue weighted by molar-refractivity contribution is -0.143. The molecule has 0 aliphatic heterocycles. The molecule has 110 valence electrons. The summed E-state index contributed by atoms with van der Waals surface area (Å²) in [5, 5.41) is 5.37. The number of hydrogen-bond acceptors (Lipinski definition) is 3. The fraction of sp³-hybridized carbons (Fsp3) is 0.467.